The van der Waals surface area contributed by atoms with E-state index in [1.807, 2.05) is 0 Å². The summed E-state index contributed by atoms with van der Waals surface area (Å²) in [5.74, 6) is 0.769. The molecule has 0 unspecified atom stereocenters. The number of aromatic nitrogens is 4. The Bertz CT molecular complexity index is 2490. The standard InChI is InChI=1S/C19H18F3N3O3S.C17H12Cl2F3N3O3S/c1-11-8-13(9-12(2)17(11)28-3)18-24-16(19(20,21)22)10-25(18)14-4-6-15(7-5-14)29(23,26)27;1-28-15-12(18)6-9(7-13(15)19)16-24-14(17(20,21)22)8-25(16)10-2-4-11(5-3-10)29(23,26)27/h4-10H,1-3H3,(H2,23,26,27);2-8H,1H3,(H2,23,26,27). The molecule has 0 amide bonds. The number of nitrogens with zero attached hydrogens (tertiary/aromatic N) is 4. The summed E-state index contributed by atoms with van der Waals surface area (Å²) in [6.07, 6.45) is -7.69. The zero-order chi connectivity index (χ0) is 43.1. The third kappa shape index (κ3) is 9.59. The number of hydrogen-bond donors (Lipinski definition) is 2. The first-order valence-electron chi connectivity index (χ1n) is 16.1. The fraction of sp³-hybridized carbons (Fsp3) is 0.167. The van der Waals surface area contributed by atoms with E-state index in [0.29, 0.717) is 17.0 Å². The van der Waals surface area contributed by atoms with Gasteiger partial charge in [0.1, 0.15) is 17.4 Å². The van der Waals surface area contributed by atoms with Crippen LogP contribution >= 0.6 is 23.2 Å². The summed E-state index contributed by atoms with van der Waals surface area (Å²) >= 11 is 12.2. The second-order valence-corrected chi connectivity index (χ2v) is 16.3. The molecule has 0 aliphatic carbocycles. The van der Waals surface area contributed by atoms with E-state index in [9.17, 15) is 43.2 Å². The number of benzene rings is 4. The molecule has 0 aliphatic rings. The summed E-state index contributed by atoms with van der Waals surface area (Å²) < 4.78 is 138. The average molecular weight is 892 g/mol. The molecule has 0 fully saturated rings. The molecule has 4 aromatic carbocycles. The zero-order valence-corrected chi connectivity index (χ0v) is 33.5. The number of nitrogens with two attached hydrogens (primary N) is 2. The number of primary sulfonamides is 2. The molecule has 0 bridgehead atoms. The van der Waals surface area contributed by atoms with Crippen LogP contribution in [0.3, 0.4) is 0 Å². The van der Waals surface area contributed by atoms with Crippen molar-refractivity contribution >= 4 is 43.2 Å². The van der Waals surface area contributed by atoms with Crippen LogP contribution in [-0.2, 0) is 32.4 Å². The van der Waals surface area contributed by atoms with Gasteiger partial charge < -0.3 is 9.47 Å². The van der Waals surface area contributed by atoms with Gasteiger partial charge in [-0.3, -0.25) is 9.13 Å². The van der Waals surface area contributed by atoms with Gasteiger partial charge in [-0.15, -0.1) is 0 Å². The lowest BCUT2D eigenvalue weighted by molar-refractivity contribution is -0.141. The van der Waals surface area contributed by atoms with Crippen molar-refractivity contribution in [3.05, 3.63) is 118 Å². The molecule has 22 heteroatoms. The molecule has 12 nitrogen and oxygen atoms in total. The van der Waals surface area contributed by atoms with Gasteiger partial charge in [-0.2, -0.15) is 26.3 Å². The Kier molecular flexibility index (Phi) is 12.3. The molecule has 0 spiro atoms. The first-order chi connectivity index (χ1) is 26.8. The van der Waals surface area contributed by atoms with Gasteiger partial charge in [-0.05, 0) is 97.8 Å². The summed E-state index contributed by atoms with van der Waals surface area (Å²) in [5, 5.41) is 10.3. The molecule has 0 saturated carbocycles. The quantitative estimate of drug-likeness (QED) is 0.143. The minimum absolute atomic E-state index is 0.0644. The third-order valence-corrected chi connectivity index (χ3v) is 10.7. The summed E-state index contributed by atoms with van der Waals surface area (Å²) in [4.78, 5) is 7.14. The maximum atomic E-state index is 13.3. The summed E-state index contributed by atoms with van der Waals surface area (Å²) in [6, 6.07) is 16.3. The normalized spacial score (nSPS) is 12.2. The molecular weight excluding hydrogens is 861 g/mol. The number of rotatable bonds is 8. The predicted octanol–water partition coefficient (Wildman–Crippen LogP) is 8.35. The Morgan fingerprint density at radius 1 is 0.586 bits per heavy atom. The highest BCUT2D eigenvalue weighted by molar-refractivity contribution is 7.89. The maximum absolute atomic E-state index is 13.3. The smallest absolute Gasteiger partial charge is 0.434 e. The van der Waals surface area contributed by atoms with E-state index in [1.165, 1.54) is 79.5 Å². The Morgan fingerprint density at radius 3 is 1.21 bits per heavy atom. The van der Waals surface area contributed by atoms with Gasteiger partial charge in [0.2, 0.25) is 20.0 Å². The molecule has 2 heterocycles. The van der Waals surface area contributed by atoms with Crippen LogP contribution in [0.1, 0.15) is 22.5 Å². The summed E-state index contributed by atoms with van der Waals surface area (Å²) in [7, 11) is -5.01. The average Bonchev–Trinajstić information content (AvgIpc) is 3.78. The van der Waals surface area contributed by atoms with Gasteiger partial charge in [-0.25, -0.2) is 37.1 Å². The number of imidazole rings is 2. The monoisotopic (exact) mass is 890 g/mol. The fourth-order valence-electron chi connectivity index (χ4n) is 5.71. The first-order valence-corrected chi connectivity index (χ1v) is 20.0. The van der Waals surface area contributed by atoms with Crippen LogP contribution < -0.4 is 19.8 Å². The molecule has 308 valence electrons. The zero-order valence-electron chi connectivity index (χ0n) is 30.3. The molecule has 58 heavy (non-hydrogen) atoms. The molecule has 0 atom stereocenters. The predicted molar refractivity (Wildman–Crippen MR) is 203 cm³/mol. The molecule has 6 aromatic rings. The highest BCUT2D eigenvalue weighted by Crippen LogP contribution is 2.40. The van der Waals surface area contributed by atoms with Gasteiger partial charge in [0, 0.05) is 34.9 Å². The number of sulfonamides is 2. The molecule has 6 rings (SSSR count). The van der Waals surface area contributed by atoms with E-state index in [1.54, 1.807) is 26.0 Å². The van der Waals surface area contributed by atoms with Crippen LogP contribution in [0.4, 0.5) is 26.3 Å². The molecule has 0 saturated heterocycles. The first kappa shape index (κ1) is 44.0. The van der Waals surface area contributed by atoms with Crippen LogP contribution in [0.5, 0.6) is 11.5 Å². The van der Waals surface area contributed by atoms with E-state index in [2.05, 4.69) is 9.97 Å². The second-order valence-electron chi connectivity index (χ2n) is 12.3. The number of ether oxygens (including phenoxy) is 2. The number of hydrogen-bond acceptors (Lipinski definition) is 8. The van der Waals surface area contributed by atoms with Gasteiger partial charge in [0.05, 0.1) is 34.1 Å². The van der Waals surface area contributed by atoms with E-state index < -0.39 is 43.8 Å². The number of alkyl halides is 6. The molecule has 2 aromatic heterocycles. The largest absolute Gasteiger partial charge is 0.496 e. The van der Waals surface area contributed by atoms with Crippen LogP contribution in [0.2, 0.25) is 10.0 Å². The highest BCUT2D eigenvalue weighted by Gasteiger charge is 2.36. The van der Waals surface area contributed by atoms with Crippen LogP contribution in [0, 0.1) is 13.8 Å². The van der Waals surface area contributed by atoms with Crippen molar-refractivity contribution in [3.8, 4) is 45.6 Å². The molecule has 0 radical (unpaired) electrons. The third-order valence-electron chi connectivity index (χ3n) is 8.26. The Morgan fingerprint density at radius 2 is 0.914 bits per heavy atom. The van der Waals surface area contributed by atoms with Crippen molar-refractivity contribution in [2.24, 2.45) is 10.3 Å². The van der Waals surface area contributed by atoms with Crippen molar-refractivity contribution in [1.29, 1.82) is 0 Å². The minimum Gasteiger partial charge on any atom is -0.496 e. The maximum Gasteiger partial charge on any atom is 0.434 e. The van der Waals surface area contributed by atoms with E-state index in [0.717, 1.165) is 28.1 Å². The highest BCUT2D eigenvalue weighted by atomic mass is 35.5. The fourth-order valence-corrected chi connectivity index (χ4v) is 7.39. The SMILES string of the molecule is COc1c(C)cc(-c2nc(C(F)(F)F)cn2-c2ccc(S(N)(=O)=O)cc2)cc1C.COc1c(Cl)cc(-c2nc(C(F)(F)F)cn2-c2ccc(S(N)(=O)=O)cc2)cc1Cl. The second kappa shape index (κ2) is 16.3. The Balaban J connectivity index is 0.000000221. The lowest BCUT2D eigenvalue weighted by Gasteiger charge is -2.13. The minimum atomic E-state index is -4.71. The van der Waals surface area contributed by atoms with E-state index >= 15 is 0 Å². The van der Waals surface area contributed by atoms with Gasteiger partial charge in [-0.1, -0.05) is 23.2 Å². The van der Waals surface area contributed by atoms with E-state index in [4.69, 9.17) is 43.0 Å². The summed E-state index contributed by atoms with van der Waals surface area (Å²) in [5.41, 5.74) is 0.476. The topological polar surface area (TPSA) is 174 Å². The van der Waals surface area contributed by atoms with Crippen molar-refractivity contribution in [2.45, 2.75) is 36.0 Å². The van der Waals surface area contributed by atoms with Crippen molar-refractivity contribution in [3.63, 3.8) is 0 Å². The Hall–Kier alpha value is -5.12. The van der Waals surface area contributed by atoms with Gasteiger partial charge in [0.25, 0.3) is 0 Å². The lowest BCUT2D eigenvalue weighted by atomic mass is 10.0. The van der Waals surface area contributed by atoms with Crippen molar-refractivity contribution in [1.82, 2.24) is 19.1 Å². The molecular formula is C36H30Cl2F6N6O6S2. The Labute approximate surface area is 337 Å². The van der Waals surface area contributed by atoms with Crippen LogP contribution in [-0.4, -0.2) is 50.2 Å². The van der Waals surface area contributed by atoms with Crippen LogP contribution in [0.15, 0.2) is 95.0 Å². The lowest BCUT2D eigenvalue weighted by Crippen LogP contribution is -2.12. The van der Waals surface area contributed by atoms with Crippen molar-refractivity contribution in [2.75, 3.05) is 14.2 Å². The van der Waals surface area contributed by atoms with E-state index in [-0.39, 0.29) is 48.5 Å². The van der Waals surface area contributed by atoms with Crippen LogP contribution in [0.25, 0.3) is 34.2 Å². The molecule has 4 N–H and O–H groups in total. The van der Waals surface area contributed by atoms with Gasteiger partial charge in [0.15, 0.2) is 17.1 Å². The number of methoxy groups -OCH3 is 2. The molecule has 0 aliphatic heterocycles. The number of aryl methyl sites for hydroxylation is 2. The van der Waals surface area contributed by atoms with Crippen molar-refractivity contribution < 1.29 is 52.7 Å². The van der Waals surface area contributed by atoms with Gasteiger partial charge >= 0.3 is 12.4 Å². The summed E-state index contributed by atoms with van der Waals surface area (Å²) in [6.45, 7) is 3.57. The number of halogens is 8.